The molecule has 2 aliphatic rings. The number of hydrogen-bond acceptors (Lipinski definition) is 4. The van der Waals surface area contributed by atoms with Crippen molar-refractivity contribution in [3.8, 4) is 0 Å². The van der Waals surface area contributed by atoms with Crippen molar-refractivity contribution < 1.29 is 8.42 Å². The summed E-state index contributed by atoms with van der Waals surface area (Å²) < 4.78 is 23.1. The Morgan fingerprint density at radius 2 is 1.96 bits per heavy atom. The summed E-state index contributed by atoms with van der Waals surface area (Å²) in [5.74, 6) is 1.93. The first-order valence-electron chi connectivity index (χ1n) is 9.00. The van der Waals surface area contributed by atoms with Crippen molar-refractivity contribution in [1.29, 1.82) is 0 Å². The number of nitrogens with one attached hydrogen (secondary N) is 2. The Hall–Kier alpha value is -0.820. The van der Waals surface area contributed by atoms with E-state index in [1.54, 1.807) is 0 Å². The van der Waals surface area contributed by atoms with Crippen LogP contribution in [0.4, 0.5) is 0 Å². The van der Waals surface area contributed by atoms with Crippen LogP contribution in [0, 0.1) is 5.92 Å². The molecule has 0 bridgehead atoms. The van der Waals surface area contributed by atoms with E-state index in [1.807, 2.05) is 6.92 Å². The van der Waals surface area contributed by atoms with Gasteiger partial charge in [0, 0.05) is 19.1 Å². The van der Waals surface area contributed by atoms with Gasteiger partial charge in [0.25, 0.3) is 0 Å². The van der Waals surface area contributed by atoms with Crippen molar-refractivity contribution >= 4 is 15.8 Å². The molecule has 0 spiro atoms. The zero-order chi connectivity index (χ0) is 16.7. The third-order valence-electron chi connectivity index (χ3n) is 4.67. The second kappa shape index (κ2) is 8.87. The molecule has 2 saturated heterocycles. The predicted octanol–water partition coefficient (Wildman–Crippen LogP) is 0.851. The molecule has 0 aromatic carbocycles. The average molecular weight is 345 g/mol. The summed E-state index contributed by atoms with van der Waals surface area (Å²) in [7, 11) is -2.85. The van der Waals surface area contributed by atoms with E-state index in [2.05, 4.69) is 22.5 Å². The minimum Gasteiger partial charge on any atom is -0.357 e. The molecule has 23 heavy (non-hydrogen) atoms. The second-order valence-electron chi connectivity index (χ2n) is 6.75. The fraction of sp³-hybridized carbons (Fsp3) is 0.938. The Morgan fingerprint density at radius 1 is 1.22 bits per heavy atom. The highest BCUT2D eigenvalue weighted by atomic mass is 32.2. The molecule has 1 unspecified atom stereocenters. The molecule has 0 aromatic rings. The van der Waals surface area contributed by atoms with Crippen LogP contribution in [-0.4, -0.2) is 69.5 Å². The van der Waals surface area contributed by atoms with Gasteiger partial charge < -0.3 is 15.5 Å². The van der Waals surface area contributed by atoms with Crippen LogP contribution in [0.15, 0.2) is 4.99 Å². The van der Waals surface area contributed by atoms with Crippen molar-refractivity contribution in [2.24, 2.45) is 10.9 Å². The van der Waals surface area contributed by atoms with Crippen LogP contribution in [0.25, 0.3) is 0 Å². The molecular formula is C16H32N4O2S. The van der Waals surface area contributed by atoms with Gasteiger partial charge in [0.1, 0.15) is 0 Å². The van der Waals surface area contributed by atoms with E-state index >= 15 is 0 Å². The van der Waals surface area contributed by atoms with Crippen LogP contribution in [-0.2, 0) is 9.84 Å². The van der Waals surface area contributed by atoms with Crippen molar-refractivity contribution in [2.45, 2.75) is 45.6 Å². The lowest BCUT2D eigenvalue weighted by molar-refractivity contribution is 0.188. The Balaban J connectivity index is 1.80. The normalized spacial score (nSPS) is 26.3. The van der Waals surface area contributed by atoms with Gasteiger partial charge in [-0.25, -0.2) is 8.42 Å². The molecule has 6 nitrogen and oxygen atoms in total. The standard InChI is InChI=1S/C16H32N4O2S/c1-3-8-20-9-5-14(6-10-20)12-18-16(17-4-2)19-15-7-11-23(21,22)13-15/h14-15H,3-13H2,1-2H3,(H2,17,18,19). The lowest BCUT2D eigenvalue weighted by Gasteiger charge is -2.31. The lowest BCUT2D eigenvalue weighted by Crippen LogP contribution is -2.44. The van der Waals surface area contributed by atoms with Crippen molar-refractivity contribution in [2.75, 3.05) is 44.2 Å². The molecule has 0 saturated carbocycles. The molecule has 0 aromatic heterocycles. The molecule has 2 aliphatic heterocycles. The van der Waals surface area contributed by atoms with Crippen LogP contribution in [0.1, 0.15) is 39.5 Å². The summed E-state index contributed by atoms with van der Waals surface area (Å²) in [5.41, 5.74) is 0. The number of sulfone groups is 1. The van der Waals surface area contributed by atoms with Crippen LogP contribution >= 0.6 is 0 Å². The number of likely N-dealkylation sites (tertiary alicyclic amines) is 1. The van der Waals surface area contributed by atoms with Crippen molar-refractivity contribution in [1.82, 2.24) is 15.5 Å². The highest BCUT2D eigenvalue weighted by Gasteiger charge is 2.28. The molecule has 134 valence electrons. The van der Waals surface area contributed by atoms with E-state index in [4.69, 9.17) is 4.99 Å². The van der Waals surface area contributed by atoms with E-state index in [-0.39, 0.29) is 11.8 Å². The van der Waals surface area contributed by atoms with E-state index in [9.17, 15) is 8.42 Å². The Kier molecular flexibility index (Phi) is 7.14. The molecule has 0 amide bonds. The Bertz CT molecular complexity index is 484. The van der Waals surface area contributed by atoms with E-state index in [0.717, 1.165) is 19.0 Å². The minimum atomic E-state index is -2.85. The van der Waals surface area contributed by atoms with Gasteiger partial charge in [0.05, 0.1) is 11.5 Å². The maximum absolute atomic E-state index is 11.6. The highest BCUT2D eigenvalue weighted by Crippen LogP contribution is 2.17. The molecule has 0 radical (unpaired) electrons. The molecule has 2 N–H and O–H groups in total. The Morgan fingerprint density at radius 3 is 2.52 bits per heavy atom. The lowest BCUT2D eigenvalue weighted by atomic mass is 9.97. The monoisotopic (exact) mass is 344 g/mol. The molecule has 7 heteroatoms. The fourth-order valence-corrected chi connectivity index (χ4v) is 5.02. The second-order valence-corrected chi connectivity index (χ2v) is 8.98. The fourth-order valence-electron chi connectivity index (χ4n) is 3.35. The number of aliphatic imine (C=N–C) groups is 1. The van der Waals surface area contributed by atoms with E-state index < -0.39 is 9.84 Å². The highest BCUT2D eigenvalue weighted by molar-refractivity contribution is 7.91. The third-order valence-corrected chi connectivity index (χ3v) is 6.44. The first-order chi connectivity index (χ1) is 11.0. The van der Waals surface area contributed by atoms with Gasteiger partial charge in [-0.15, -0.1) is 0 Å². The quantitative estimate of drug-likeness (QED) is 0.552. The molecule has 0 aliphatic carbocycles. The third kappa shape index (κ3) is 6.30. The minimum absolute atomic E-state index is 0.00389. The van der Waals surface area contributed by atoms with Gasteiger partial charge in [0.2, 0.25) is 0 Å². The van der Waals surface area contributed by atoms with Crippen LogP contribution in [0.5, 0.6) is 0 Å². The van der Waals surface area contributed by atoms with Gasteiger partial charge >= 0.3 is 0 Å². The van der Waals surface area contributed by atoms with Crippen LogP contribution in [0.2, 0.25) is 0 Å². The van der Waals surface area contributed by atoms with Gasteiger partial charge in [-0.05, 0) is 58.2 Å². The van der Waals surface area contributed by atoms with Crippen molar-refractivity contribution in [3.05, 3.63) is 0 Å². The summed E-state index contributed by atoms with van der Waals surface area (Å²) in [5, 5.41) is 6.53. The van der Waals surface area contributed by atoms with Crippen molar-refractivity contribution in [3.63, 3.8) is 0 Å². The largest absolute Gasteiger partial charge is 0.357 e. The molecular weight excluding hydrogens is 312 g/mol. The maximum atomic E-state index is 11.6. The van der Waals surface area contributed by atoms with Gasteiger partial charge in [-0.1, -0.05) is 6.92 Å². The summed E-state index contributed by atoms with van der Waals surface area (Å²) in [6, 6.07) is 0.00389. The Labute approximate surface area is 141 Å². The number of piperidine rings is 1. The first-order valence-corrected chi connectivity index (χ1v) is 10.8. The summed E-state index contributed by atoms with van der Waals surface area (Å²) in [4.78, 5) is 7.24. The van der Waals surface area contributed by atoms with E-state index in [1.165, 1.54) is 38.9 Å². The number of guanidine groups is 1. The molecule has 2 heterocycles. The smallest absolute Gasteiger partial charge is 0.191 e. The van der Waals surface area contributed by atoms with E-state index in [0.29, 0.717) is 18.1 Å². The summed E-state index contributed by atoms with van der Waals surface area (Å²) in [6.07, 6.45) is 4.32. The number of nitrogens with zero attached hydrogens (tertiary/aromatic N) is 2. The SMILES string of the molecule is CCCN1CCC(CN=C(NCC)NC2CCS(=O)(=O)C2)CC1. The summed E-state index contributed by atoms with van der Waals surface area (Å²) >= 11 is 0. The maximum Gasteiger partial charge on any atom is 0.191 e. The van der Waals surface area contributed by atoms with Crippen LogP contribution in [0.3, 0.4) is 0 Å². The van der Waals surface area contributed by atoms with Gasteiger partial charge in [-0.2, -0.15) is 0 Å². The first kappa shape index (κ1) is 18.5. The zero-order valence-corrected chi connectivity index (χ0v) is 15.4. The van der Waals surface area contributed by atoms with Gasteiger partial charge in [-0.3, -0.25) is 4.99 Å². The molecule has 2 fully saturated rings. The molecule has 1 atom stereocenters. The molecule has 2 rings (SSSR count). The number of rotatable bonds is 6. The predicted molar refractivity (Wildman–Crippen MR) is 95.6 cm³/mol. The van der Waals surface area contributed by atoms with Gasteiger partial charge in [0.15, 0.2) is 15.8 Å². The zero-order valence-electron chi connectivity index (χ0n) is 14.6. The average Bonchev–Trinajstić information content (AvgIpc) is 2.86. The number of hydrogen-bond donors (Lipinski definition) is 2. The topological polar surface area (TPSA) is 73.8 Å². The summed E-state index contributed by atoms with van der Waals surface area (Å²) in [6.45, 7) is 9.45. The van der Waals surface area contributed by atoms with Crippen LogP contribution < -0.4 is 10.6 Å².